The van der Waals surface area contributed by atoms with Crippen LogP contribution >= 0.6 is 0 Å². The van der Waals surface area contributed by atoms with Gasteiger partial charge in [-0.2, -0.15) is 0 Å². The van der Waals surface area contributed by atoms with Crippen molar-refractivity contribution in [1.29, 1.82) is 0 Å². The minimum absolute atomic E-state index is 0.162. The van der Waals surface area contributed by atoms with Gasteiger partial charge < -0.3 is 20.1 Å². The molecule has 0 heterocycles. The van der Waals surface area contributed by atoms with Crippen molar-refractivity contribution < 1.29 is 20.1 Å². The first-order valence-electron chi connectivity index (χ1n) is 37.0. The highest BCUT2D eigenvalue weighted by Gasteiger charge is 2.17. The van der Waals surface area contributed by atoms with Gasteiger partial charge in [0.2, 0.25) is 0 Å². The van der Waals surface area contributed by atoms with Crippen LogP contribution in [0.15, 0.2) is 278 Å². The van der Waals surface area contributed by atoms with Crippen LogP contribution in [0.25, 0.3) is 54.7 Å². The molecule has 0 aliphatic heterocycles. The fourth-order valence-electron chi connectivity index (χ4n) is 11.7. The Morgan fingerprint density at radius 2 is 0.543 bits per heavy atom. The lowest BCUT2D eigenvalue weighted by Gasteiger charge is -2.30. The lowest BCUT2D eigenvalue weighted by molar-refractivity contribution is 0.118. The minimum Gasteiger partial charge on any atom is -0.396 e. The molecule has 3 N–H and O–H groups in total. The van der Waals surface area contributed by atoms with Crippen LogP contribution in [-0.4, -0.2) is 86.5 Å². The van der Waals surface area contributed by atoms with Gasteiger partial charge in [0.15, 0.2) is 0 Å². The van der Waals surface area contributed by atoms with E-state index in [-0.39, 0.29) is 19.3 Å². The third-order valence-corrected chi connectivity index (χ3v) is 17.8. The maximum atomic E-state index is 9.77. The van der Waals surface area contributed by atoms with Gasteiger partial charge in [0.05, 0.1) is 19.3 Å². The van der Waals surface area contributed by atoms with Gasteiger partial charge in [0, 0.05) is 91.2 Å². The molecule has 0 spiro atoms. The molecule has 0 aliphatic carbocycles. The summed E-state index contributed by atoms with van der Waals surface area (Å²) in [4.78, 5) is 9.45. The van der Waals surface area contributed by atoms with Gasteiger partial charge in [-0.1, -0.05) is 353 Å². The molecule has 8 nitrogen and oxygen atoms in total. The largest absolute Gasteiger partial charge is 0.396 e. The average Bonchev–Trinajstić information content (AvgIpc) is 0.897. The highest BCUT2D eigenvalue weighted by atomic mass is 16.5. The number of ether oxygens (including phenoxy) is 1. The van der Waals surface area contributed by atoms with Crippen molar-refractivity contribution in [2.24, 2.45) is 0 Å². The van der Waals surface area contributed by atoms with E-state index < -0.39 is 0 Å². The maximum Gasteiger partial charge on any atom is 0.0716 e. The van der Waals surface area contributed by atoms with Crippen molar-refractivity contribution >= 4 is 54.7 Å². The van der Waals surface area contributed by atoms with Crippen molar-refractivity contribution in [1.82, 2.24) is 19.6 Å². The van der Waals surface area contributed by atoms with E-state index in [4.69, 9.17) is 9.84 Å². The normalized spacial score (nSPS) is 11.0. The van der Waals surface area contributed by atoms with E-state index in [1.807, 2.05) is 61.6 Å². The molecule has 8 heteroatoms. The Morgan fingerprint density at radius 3 is 0.752 bits per heavy atom. The number of nitrogens with zero attached hydrogens (tertiary/aromatic N) is 4. The molecule has 550 valence electrons. The van der Waals surface area contributed by atoms with E-state index in [1.54, 1.807) is 0 Å². The highest BCUT2D eigenvalue weighted by Crippen LogP contribution is 2.22. The van der Waals surface area contributed by atoms with Crippen molar-refractivity contribution in [3.63, 3.8) is 0 Å². The lowest BCUT2D eigenvalue weighted by atomic mass is 10.0. The maximum absolute atomic E-state index is 9.77. The molecule has 9 aromatic rings. The van der Waals surface area contributed by atoms with Gasteiger partial charge in [-0.25, -0.2) is 0 Å². The molecule has 9 aromatic carbocycles. The number of hydrogen-bond acceptors (Lipinski definition) is 8. The van der Waals surface area contributed by atoms with Crippen LogP contribution < -0.4 is 0 Å². The summed E-state index contributed by atoms with van der Waals surface area (Å²) in [5.74, 6) is 0. The van der Waals surface area contributed by atoms with E-state index in [1.165, 1.54) is 74.0 Å². The molecule has 1 unspecified atom stereocenters. The summed E-state index contributed by atoms with van der Waals surface area (Å²) in [6.07, 6.45) is 20.6. The second kappa shape index (κ2) is 50.7. The molecular weight excluding hydrogens is 1290 g/mol. The highest BCUT2D eigenvalue weighted by molar-refractivity contribution is 5.53. The van der Waals surface area contributed by atoms with Crippen molar-refractivity contribution in [2.45, 2.75) is 124 Å². The van der Waals surface area contributed by atoms with E-state index in [2.05, 4.69) is 318 Å². The number of benzene rings is 9. The van der Waals surface area contributed by atoms with Crippen LogP contribution in [0.2, 0.25) is 0 Å². The molecule has 0 fully saturated rings. The molecule has 0 radical (unpaired) electrons. The quantitative estimate of drug-likeness (QED) is 0.0329. The van der Waals surface area contributed by atoms with Crippen molar-refractivity contribution in [2.75, 3.05) is 39.5 Å². The number of aliphatic hydroxyl groups excluding tert-OH is 3. The van der Waals surface area contributed by atoms with E-state index in [0.29, 0.717) is 25.7 Å². The zero-order chi connectivity index (χ0) is 75.8. The number of hydrogen-bond donors (Lipinski definition) is 3. The first-order valence-corrected chi connectivity index (χ1v) is 37.0. The molecule has 0 saturated heterocycles. The molecular formula is C97H118N4O4. The van der Waals surface area contributed by atoms with E-state index in [9.17, 15) is 10.2 Å². The average molecular weight is 1400 g/mol. The van der Waals surface area contributed by atoms with Gasteiger partial charge in [-0.05, 0) is 133 Å². The summed E-state index contributed by atoms with van der Waals surface area (Å²) >= 11 is 0. The summed E-state index contributed by atoms with van der Waals surface area (Å²) < 4.78 is 5.42. The summed E-state index contributed by atoms with van der Waals surface area (Å²) in [6, 6.07) is 76.7. The standard InChI is InChI=1S/C23H29N.2C21H25NO.C20H23NO.C12H16O/c1-5-19-9-13-21(14-10-19)17-24(23(7-3)8-4)18-22-15-11-20(6-2)12-16-22;1-4-18-6-10-20(11-7-18)15-22(14-17(3)23)16-21-12-8-19(5-2)9-13-21;1-3-18-6-10-20(11-7-18)16-22(14-5-15-23)17-21-12-8-19(4-2)9-13-21;1-3-17-5-9-19(10-6-17)15-21(13-14-22)16-20-11-7-18(4-2)8-12-20;1-3-9-13-10-12-7-5-11(4-2)6-8-12/h5-6,9-16,23H,1-2,7-8,17-18H2,3-4H3;4-13,17,23H,1-2,14-16H2,3H3;3-4,6-13,23H,1-2,5,14-17H2;3-12,22H,1-2,13-16H2;4-8H,2-3,9-10H2,1H3. The van der Waals surface area contributed by atoms with Crippen LogP contribution in [0.3, 0.4) is 0 Å². The Hall–Kier alpha value is -9.68. The van der Waals surface area contributed by atoms with Crippen LogP contribution in [-0.2, 0) is 63.7 Å². The SMILES string of the molecule is C=Cc1ccc(CN(CCCO)Cc2ccc(C=C)cc2)cc1.C=Cc1ccc(CN(CCO)Cc2ccc(C=C)cc2)cc1.C=Cc1ccc(CN(Cc2ccc(C=C)cc2)C(CC)CC)cc1.C=Cc1ccc(CN(Cc2ccc(C=C)cc2)CC(C)O)cc1.C=Cc1ccc(COCCC)cc1. The van der Waals surface area contributed by atoms with Gasteiger partial charge in [-0.15, -0.1) is 0 Å². The Bertz CT molecular complexity index is 3700. The smallest absolute Gasteiger partial charge is 0.0716 e. The predicted molar refractivity (Wildman–Crippen MR) is 455 cm³/mol. The fraction of sp³-hybridized carbons (Fsp3) is 0.258. The molecule has 0 bridgehead atoms. The van der Waals surface area contributed by atoms with Crippen LogP contribution in [0.4, 0.5) is 0 Å². The summed E-state index contributed by atoms with van der Waals surface area (Å²) in [7, 11) is 0. The molecule has 1 atom stereocenters. The molecule has 9 rings (SSSR count). The van der Waals surface area contributed by atoms with Crippen molar-refractivity contribution in [3.8, 4) is 0 Å². The van der Waals surface area contributed by atoms with Crippen molar-refractivity contribution in [3.05, 3.63) is 378 Å². The summed E-state index contributed by atoms with van der Waals surface area (Å²) in [6.45, 7) is 53.6. The van der Waals surface area contributed by atoms with Gasteiger partial charge in [-0.3, -0.25) is 19.6 Å². The first kappa shape index (κ1) is 86.0. The van der Waals surface area contributed by atoms with Gasteiger partial charge >= 0.3 is 0 Å². The molecule has 0 aromatic heterocycles. The lowest BCUT2D eigenvalue weighted by Crippen LogP contribution is -2.33. The summed E-state index contributed by atoms with van der Waals surface area (Å²) in [5.41, 5.74) is 21.7. The molecule has 0 saturated carbocycles. The third-order valence-electron chi connectivity index (χ3n) is 17.8. The Labute approximate surface area is 632 Å². The van der Waals surface area contributed by atoms with Gasteiger partial charge in [0.25, 0.3) is 0 Å². The zero-order valence-electron chi connectivity index (χ0n) is 63.5. The van der Waals surface area contributed by atoms with E-state index in [0.717, 1.165) is 117 Å². The molecule has 105 heavy (non-hydrogen) atoms. The van der Waals surface area contributed by atoms with Crippen LogP contribution in [0.1, 0.15) is 154 Å². The monoisotopic (exact) mass is 1400 g/mol. The Morgan fingerprint density at radius 1 is 0.314 bits per heavy atom. The molecule has 0 aliphatic rings. The topological polar surface area (TPSA) is 82.9 Å². The number of rotatable bonds is 39. The Balaban J connectivity index is 0.000000238. The Kier molecular flexibility index (Phi) is 41.5. The molecule has 0 amide bonds. The second-order valence-corrected chi connectivity index (χ2v) is 26.2. The zero-order valence-corrected chi connectivity index (χ0v) is 63.5. The minimum atomic E-state index is -0.352. The van der Waals surface area contributed by atoms with Gasteiger partial charge in [0.1, 0.15) is 0 Å². The second-order valence-electron chi connectivity index (χ2n) is 26.2. The summed E-state index contributed by atoms with van der Waals surface area (Å²) in [5, 5.41) is 28.2. The van der Waals surface area contributed by atoms with Crippen LogP contribution in [0, 0.1) is 0 Å². The first-order chi connectivity index (χ1) is 51.1. The third kappa shape index (κ3) is 33.8. The van der Waals surface area contributed by atoms with Crippen LogP contribution in [0.5, 0.6) is 0 Å². The van der Waals surface area contributed by atoms with E-state index >= 15 is 0 Å². The fourth-order valence-corrected chi connectivity index (χ4v) is 11.7. The predicted octanol–water partition coefficient (Wildman–Crippen LogP) is 22.1. The number of aliphatic hydroxyl groups is 3.